The molecule has 0 aliphatic heterocycles. The van der Waals surface area contributed by atoms with E-state index < -0.39 is 0 Å². The summed E-state index contributed by atoms with van der Waals surface area (Å²) in [6.45, 7) is 0. The summed E-state index contributed by atoms with van der Waals surface area (Å²) in [5, 5.41) is 10.3. The molecule has 23 heavy (non-hydrogen) atoms. The molecule has 2 heterocycles. The van der Waals surface area contributed by atoms with E-state index in [1.165, 1.54) is 12.1 Å². The van der Waals surface area contributed by atoms with E-state index in [1.807, 2.05) is 48.1 Å². The van der Waals surface area contributed by atoms with Crippen molar-refractivity contribution in [3.63, 3.8) is 0 Å². The van der Waals surface area contributed by atoms with Crippen LogP contribution in [0.25, 0.3) is 33.5 Å². The molecule has 0 aliphatic rings. The highest BCUT2D eigenvalue weighted by molar-refractivity contribution is 6.00. The normalized spacial score (nSPS) is 11.0. The predicted molar refractivity (Wildman–Crippen MR) is 87.1 cm³/mol. The lowest BCUT2D eigenvalue weighted by Gasteiger charge is -2.09. The number of benzene rings is 2. The maximum absolute atomic E-state index is 13.8. The Labute approximate surface area is 132 Å². The number of aryl methyl sites for hydroxylation is 1. The second kappa shape index (κ2) is 5.28. The summed E-state index contributed by atoms with van der Waals surface area (Å²) in [5.41, 5.74) is 2.22. The van der Waals surface area contributed by atoms with Crippen molar-refractivity contribution in [2.75, 3.05) is 0 Å². The van der Waals surface area contributed by atoms with E-state index in [2.05, 4.69) is 15.2 Å². The zero-order valence-electron chi connectivity index (χ0n) is 12.4. The van der Waals surface area contributed by atoms with Gasteiger partial charge < -0.3 is 4.57 Å². The van der Waals surface area contributed by atoms with Gasteiger partial charge in [0.25, 0.3) is 0 Å². The molecule has 0 amide bonds. The Morgan fingerprint density at radius 1 is 0.913 bits per heavy atom. The van der Waals surface area contributed by atoms with Crippen LogP contribution in [0.1, 0.15) is 0 Å². The van der Waals surface area contributed by atoms with Crippen LogP contribution in [0.15, 0.2) is 60.9 Å². The number of nitrogens with zero attached hydrogens (tertiary/aromatic N) is 4. The highest BCUT2D eigenvalue weighted by atomic mass is 19.1. The van der Waals surface area contributed by atoms with Crippen LogP contribution in [0.5, 0.6) is 0 Å². The van der Waals surface area contributed by atoms with Crippen molar-refractivity contribution in [3.8, 4) is 22.8 Å². The number of fused-ring (bicyclic) bond motifs is 1. The van der Waals surface area contributed by atoms with Gasteiger partial charge in [0.05, 0.1) is 0 Å². The van der Waals surface area contributed by atoms with E-state index in [9.17, 15) is 4.39 Å². The number of halogens is 1. The molecule has 2 aromatic carbocycles. The van der Waals surface area contributed by atoms with Gasteiger partial charge in [-0.3, -0.25) is 0 Å². The number of hydrogen-bond acceptors (Lipinski definition) is 3. The molecule has 0 bridgehead atoms. The van der Waals surface area contributed by atoms with Crippen molar-refractivity contribution in [3.05, 3.63) is 66.7 Å². The van der Waals surface area contributed by atoms with Gasteiger partial charge in [-0.15, -0.1) is 10.2 Å². The second-order valence-corrected chi connectivity index (χ2v) is 5.31. The van der Waals surface area contributed by atoms with E-state index in [0.717, 1.165) is 16.3 Å². The molecule has 0 aliphatic carbocycles. The Morgan fingerprint density at radius 2 is 1.70 bits per heavy atom. The summed E-state index contributed by atoms with van der Waals surface area (Å²) in [7, 11) is 1.89. The zero-order valence-corrected chi connectivity index (χ0v) is 12.4. The fraction of sp³-hybridized carbons (Fsp3) is 0.0556. The summed E-state index contributed by atoms with van der Waals surface area (Å²) in [6.07, 6.45) is 3.55. The highest BCUT2D eigenvalue weighted by Gasteiger charge is 2.15. The molecule has 0 saturated carbocycles. The predicted octanol–water partition coefficient (Wildman–Crippen LogP) is 3.84. The van der Waals surface area contributed by atoms with Crippen LogP contribution in [0.3, 0.4) is 0 Å². The number of imidazole rings is 1. The molecule has 0 spiro atoms. The Kier molecular flexibility index (Phi) is 3.12. The van der Waals surface area contributed by atoms with Gasteiger partial charge in [-0.2, -0.15) is 0 Å². The van der Waals surface area contributed by atoms with Gasteiger partial charge in [-0.25, -0.2) is 9.37 Å². The maximum atomic E-state index is 13.8. The number of rotatable bonds is 2. The van der Waals surface area contributed by atoms with Crippen LogP contribution in [0.2, 0.25) is 0 Å². The quantitative estimate of drug-likeness (QED) is 0.565. The summed E-state index contributed by atoms with van der Waals surface area (Å²) >= 11 is 0. The molecule has 0 saturated heterocycles. The molecule has 0 radical (unpaired) electrons. The molecular formula is C18H13FN4. The summed E-state index contributed by atoms with van der Waals surface area (Å²) in [4.78, 5) is 4.33. The van der Waals surface area contributed by atoms with E-state index in [0.29, 0.717) is 17.2 Å². The molecule has 4 nitrogen and oxygen atoms in total. The minimum Gasteiger partial charge on any atom is -0.333 e. The van der Waals surface area contributed by atoms with Crippen LogP contribution < -0.4 is 0 Å². The first-order chi connectivity index (χ1) is 11.2. The molecule has 0 atom stereocenters. The van der Waals surface area contributed by atoms with Crippen molar-refractivity contribution in [2.45, 2.75) is 0 Å². The molecule has 0 N–H and O–H groups in total. The smallest absolute Gasteiger partial charge is 0.160 e. The standard InChI is InChI=1S/C18H13FN4/c1-23-10-9-20-18(23)17-14-8-7-13(19)11-15(14)16(21-22-17)12-5-3-2-4-6-12/h2-11H,1H3. The Balaban J connectivity index is 2.05. The molecule has 4 rings (SSSR count). The van der Waals surface area contributed by atoms with E-state index >= 15 is 0 Å². The lowest BCUT2D eigenvalue weighted by Crippen LogP contribution is -1.99. The van der Waals surface area contributed by atoms with Crippen molar-refractivity contribution >= 4 is 10.8 Å². The first kappa shape index (κ1) is 13.6. The average molecular weight is 304 g/mol. The van der Waals surface area contributed by atoms with Crippen molar-refractivity contribution < 1.29 is 4.39 Å². The number of hydrogen-bond donors (Lipinski definition) is 0. The van der Waals surface area contributed by atoms with Gasteiger partial charge in [0.2, 0.25) is 0 Å². The lowest BCUT2D eigenvalue weighted by atomic mass is 10.0. The molecular weight excluding hydrogens is 291 g/mol. The third-order valence-corrected chi connectivity index (χ3v) is 3.82. The average Bonchev–Trinajstić information content (AvgIpc) is 3.00. The lowest BCUT2D eigenvalue weighted by molar-refractivity contribution is 0.629. The molecule has 0 unspecified atom stereocenters. The van der Waals surface area contributed by atoms with E-state index in [4.69, 9.17) is 0 Å². The van der Waals surface area contributed by atoms with Gasteiger partial charge in [0.1, 0.15) is 17.2 Å². The third-order valence-electron chi connectivity index (χ3n) is 3.82. The molecule has 5 heteroatoms. The highest BCUT2D eigenvalue weighted by Crippen LogP contribution is 2.31. The summed E-state index contributed by atoms with van der Waals surface area (Å²) in [5.74, 6) is 0.405. The largest absolute Gasteiger partial charge is 0.333 e. The minimum atomic E-state index is -0.298. The fourth-order valence-corrected chi connectivity index (χ4v) is 2.69. The Bertz CT molecular complexity index is 993. The molecule has 112 valence electrons. The first-order valence-electron chi connectivity index (χ1n) is 7.23. The first-order valence-corrected chi connectivity index (χ1v) is 7.23. The molecule has 4 aromatic rings. The maximum Gasteiger partial charge on any atom is 0.160 e. The third kappa shape index (κ3) is 2.26. The van der Waals surface area contributed by atoms with Crippen molar-refractivity contribution in [1.29, 1.82) is 0 Å². The van der Waals surface area contributed by atoms with Crippen LogP contribution in [-0.4, -0.2) is 19.7 Å². The molecule has 0 fully saturated rings. The van der Waals surface area contributed by atoms with Gasteiger partial charge in [-0.1, -0.05) is 30.3 Å². The second-order valence-electron chi connectivity index (χ2n) is 5.31. The topological polar surface area (TPSA) is 43.6 Å². The SMILES string of the molecule is Cn1ccnc1-c1nnc(-c2ccccc2)c2cc(F)ccc12. The Morgan fingerprint density at radius 3 is 2.43 bits per heavy atom. The van der Waals surface area contributed by atoms with Gasteiger partial charge >= 0.3 is 0 Å². The monoisotopic (exact) mass is 304 g/mol. The van der Waals surface area contributed by atoms with Crippen LogP contribution in [0, 0.1) is 5.82 Å². The molecule has 2 aromatic heterocycles. The summed E-state index contributed by atoms with van der Waals surface area (Å²) < 4.78 is 15.7. The Hall–Kier alpha value is -3.08. The van der Waals surface area contributed by atoms with Gasteiger partial charge in [0, 0.05) is 35.8 Å². The summed E-state index contributed by atoms with van der Waals surface area (Å²) in [6, 6.07) is 14.3. The van der Waals surface area contributed by atoms with Gasteiger partial charge in [0.15, 0.2) is 5.82 Å². The van der Waals surface area contributed by atoms with Crippen molar-refractivity contribution in [1.82, 2.24) is 19.7 Å². The van der Waals surface area contributed by atoms with Gasteiger partial charge in [-0.05, 0) is 18.2 Å². The minimum absolute atomic E-state index is 0.298. The van der Waals surface area contributed by atoms with Crippen LogP contribution in [-0.2, 0) is 7.05 Å². The number of aromatic nitrogens is 4. The van der Waals surface area contributed by atoms with Crippen molar-refractivity contribution in [2.24, 2.45) is 7.05 Å². The fourth-order valence-electron chi connectivity index (χ4n) is 2.69. The van der Waals surface area contributed by atoms with E-state index in [1.54, 1.807) is 12.3 Å². The van der Waals surface area contributed by atoms with E-state index in [-0.39, 0.29) is 5.82 Å². The van der Waals surface area contributed by atoms with Crippen LogP contribution >= 0.6 is 0 Å². The van der Waals surface area contributed by atoms with Crippen LogP contribution in [0.4, 0.5) is 4.39 Å². The zero-order chi connectivity index (χ0) is 15.8.